The lowest BCUT2D eigenvalue weighted by atomic mass is 9.93. The molecule has 0 atom stereocenters. The molecule has 0 aliphatic carbocycles. The first-order valence-corrected chi connectivity index (χ1v) is 20.0. The van der Waals surface area contributed by atoms with Crippen LogP contribution >= 0.6 is 11.3 Å². The number of nitrogens with zero attached hydrogens (tertiary/aromatic N) is 1. The van der Waals surface area contributed by atoms with E-state index in [0.717, 1.165) is 0 Å². The van der Waals surface area contributed by atoms with Crippen molar-refractivity contribution >= 4 is 53.3 Å². The molecule has 11 rings (SSSR count). The molecule has 0 aliphatic heterocycles. The van der Waals surface area contributed by atoms with E-state index in [2.05, 4.69) is 217 Å². The Hall–Kier alpha value is -7.00. The Balaban J connectivity index is 1.06. The third-order valence-electron chi connectivity index (χ3n) is 11.2. The second kappa shape index (κ2) is 13.4. The second-order valence-electron chi connectivity index (χ2n) is 14.5. The molecule has 2 aromatic heterocycles. The lowest BCUT2D eigenvalue weighted by molar-refractivity contribution is 1.18. The van der Waals surface area contributed by atoms with Crippen LogP contribution in [-0.2, 0) is 0 Å². The fourth-order valence-electron chi connectivity index (χ4n) is 8.56. The molecule has 0 amide bonds. The maximum atomic E-state index is 2.46. The average Bonchev–Trinajstić information content (AvgIpc) is 3.83. The standard InChI is InChI=1S/C54H35NS/c1-4-14-36(15-5-1)41-28-32-50-47(34-41)48-35-42(37-16-6-2-7-17-37)29-33-51(48)55(50)49-22-12-10-20-43(49)39-24-26-40(27-25-39)44-30-31-45(38-18-8-3-9-19-38)54-53(44)46-21-11-13-23-52(46)56-54/h1-35H. The van der Waals surface area contributed by atoms with Crippen LogP contribution in [-0.4, -0.2) is 4.57 Å². The molecule has 56 heavy (non-hydrogen) atoms. The monoisotopic (exact) mass is 729 g/mol. The van der Waals surface area contributed by atoms with E-state index in [1.165, 1.54) is 103 Å². The van der Waals surface area contributed by atoms with Gasteiger partial charge in [-0.05, 0) is 86.5 Å². The van der Waals surface area contributed by atoms with E-state index in [1.54, 1.807) is 0 Å². The number of fused-ring (bicyclic) bond motifs is 6. The van der Waals surface area contributed by atoms with Gasteiger partial charge in [0.25, 0.3) is 0 Å². The van der Waals surface area contributed by atoms with Gasteiger partial charge in [0.15, 0.2) is 0 Å². The molecule has 9 aromatic carbocycles. The quantitative estimate of drug-likeness (QED) is 0.161. The summed E-state index contributed by atoms with van der Waals surface area (Å²) in [6.07, 6.45) is 0. The summed E-state index contributed by atoms with van der Waals surface area (Å²) in [5.41, 5.74) is 15.8. The number of hydrogen-bond acceptors (Lipinski definition) is 1. The van der Waals surface area contributed by atoms with Gasteiger partial charge in [-0.3, -0.25) is 0 Å². The second-order valence-corrected chi connectivity index (χ2v) is 15.5. The van der Waals surface area contributed by atoms with Crippen molar-refractivity contribution in [3.8, 4) is 61.3 Å². The number of aromatic nitrogens is 1. The number of thiophene rings is 1. The van der Waals surface area contributed by atoms with Crippen molar-refractivity contribution in [2.75, 3.05) is 0 Å². The Labute approximate surface area is 330 Å². The van der Waals surface area contributed by atoms with Crippen molar-refractivity contribution in [3.63, 3.8) is 0 Å². The summed E-state index contributed by atoms with van der Waals surface area (Å²) in [4.78, 5) is 0. The minimum Gasteiger partial charge on any atom is -0.309 e. The van der Waals surface area contributed by atoms with Gasteiger partial charge in [-0.15, -0.1) is 11.3 Å². The van der Waals surface area contributed by atoms with Crippen LogP contribution in [0, 0.1) is 0 Å². The van der Waals surface area contributed by atoms with Crippen molar-refractivity contribution in [3.05, 3.63) is 212 Å². The van der Waals surface area contributed by atoms with Crippen LogP contribution < -0.4 is 0 Å². The molecular weight excluding hydrogens is 695 g/mol. The molecule has 2 heteroatoms. The Morgan fingerprint density at radius 3 is 1.39 bits per heavy atom. The van der Waals surface area contributed by atoms with Crippen LogP contribution in [0.25, 0.3) is 103 Å². The zero-order chi connectivity index (χ0) is 37.0. The lowest BCUT2D eigenvalue weighted by Crippen LogP contribution is -1.97. The van der Waals surface area contributed by atoms with Crippen LogP contribution in [0.15, 0.2) is 212 Å². The minimum atomic E-state index is 1.17. The molecule has 0 saturated carbocycles. The van der Waals surface area contributed by atoms with E-state index in [0.29, 0.717) is 0 Å². The summed E-state index contributed by atoms with van der Waals surface area (Å²) in [6.45, 7) is 0. The van der Waals surface area contributed by atoms with Gasteiger partial charge in [0, 0.05) is 36.5 Å². The predicted molar refractivity (Wildman–Crippen MR) is 241 cm³/mol. The van der Waals surface area contributed by atoms with Crippen LogP contribution in [0.3, 0.4) is 0 Å². The summed E-state index contributed by atoms with van der Waals surface area (Å²) < 4.78 is 5.11. The normalized spacial score (nSPS) is 11.6. The molecule has 2 heterocycles. The van der Waals surface area contributed by atoms with Crippen molar-refractivity contribution in [1.82, 2.24) is 4.57 Å². The van der Waals surface area contributed by atoms with E-state index >= 15 is 0 Å². The maximum Gasteiger partial charge on any atom is 0.0541 e. The van der Waals surface area contributed by atoms with Crippen LogP contribution in [0.4, 0.5) is 0 Å². The van der Waals surface area contributed by atoms with Gasteiger partial charge in [0.2, 0.25) is 0 Å². The maximum absolute atomic E-state index is 2.46. The summed E-state index contributed by atoms with van der Waals surface area (Å²) >= 11 is 1.89. The molecule has 0 bridgehead atoms. The summed E-state index contributed by atoms with van der Waals surface area (Å²) in [5.74, 6) is 0. The van der Waals surface area contributed by atoms with E-state index < -0.39 is 0 Å². The number of benzene rings is 9. The first-order valence-electron chi connectivity index (χ1n) is 19.2. The molecule has 0 aliphatic rings. The lowest BCUT2D eigenvalue weighted by Gasteiger charge is -2.15. The molecule has 0 radical (unpaired) electrons. The highest BCUT2D eigenvalue weighted by Crippen LogP contribution is 2.45. The van der Waals surface area contributed by atoms with Gasteiger partial charge in [-0.1, -0.05) is 176 Å². The largest absolute Gasteiger partial charge is 0.309 e. The third-order valence-corrected chi connectivity index (χ3v) is 12.4. The molecule has 1 nitrogen and oxygen atoms in total. The SMILES string of the molecule is c1ccc(-c2ccc3c(c2)c2cc(-c4ccccc4)ccc2n3-c2ccccc2-c2ccc(-c3ccc(-c4ccccc4)c4sc5ccccc5c34)cc2)cc1. The topological polar surface area (TPSA) is 4.93 Å². The van der Waals surface area contributed by atoms with Gasteiger partial charge in [0.1, 0.15) is 0 Å². The average molecular weight is 730 g/mol. The van der Waals surface area contributed by atoms with Gasteiger partial charge in [0.05, 0.1) is 16.7 Å². The van der Waals surface area contributed by atoms with E-state index in [-0.39, 0.29) is 0 Å². The highest BCUT2D eigenvalue weighted by atomic mass is 32.1. The summed E-state index contributed by atoms with van der Waals surface area (Å²) in [6, 6.07) is 77.5. The molecule has 0 saturated heterocycles. The highest BCUT2D eigenvalue weighted by molar-refractivity contribution is 7.26. The highest BCUT2D eigenvalue weighted by Gasteiger charge is 2.19. The van der Waals surface area contributed by atoms with Crippen molar-refractivity contribution in [1.29, 1.82) is 0 Å². The molecular formula is C54H35NS. The van der Waals surface area contributed by atoms with Crippen molar-refractivity contribution in [2.45, 2.75) is 0 Å². The van der Waals surface area contributed by atoms with E-state index in [9.17, 15) is 0 Å². The molecule has 0 unspecified atom stereocenters. The molecule has 0 N–H and O–H groups in total. The molecule has 262 valence electrons. The fourth-order valence-corrected chi connectivity index (χ4v) is 9.82. The summed E-state index contributed by atoms with van der Waals surface area (Å²) in [7, 11) is 0. The molecule has 0 spiro atoms. The smallest absolute Gasteiger partial charge is 0.0541 e. The molecule has 0 fully saturated rings. The fraction of sp³-hybridized carbons (Fsp3) is 0. The van der Waals surface area contributed by atoms with Crippen LogP contribution in [0.1, 0.15) is 0 Å². The van der Waals surface area contributed by atoms with Gasteiger partial charge in [-0.2, -0.15) is 0 Å². The zero-order valence-corrected chi connectivity index (χ0v) is 31.4. The van der Waals surface area contributed by atoms with Crippen molar-refractivity contribution < 1.29 is 0 Å². The number of para-hydroxylation sites is 1. The van der Waals surface area contributed by atoms with Gasteiger partial charge >= 0.3 is 0 Å². The van der Waals surface area contributed by atoms with Crippen LogP contribution in [0.2, 0.25) is 0 Å². The Morgan fingerprint density at radius 1 is 0.304 bits per heavy atom. The number of rotatable bonds is 6. The third kappa shape index (κ3) is 5.38. The first-order chi connectivity index (χ1) is 27.8. The Morgan fingerprint density at radius 2 is 0.768 bits per heavy atom. The van der Waals surface area contributed by atoms with Crippen LogP contribution in [0.5, 0.6) is 0 Å². The first kappa shape index (κ1) is 32.4. The Kier molecular flexibility index (Phi) is 7.75. The van der Waals surface area contributed by atoms with E-state index in [1.807, 2.05) is 11.3 Å². The van der Waals surface area contributed by atoms with Gasteiger partial charge in [-0.25, -0.2) is 0 Å². The van der Waals surface area contributed by atoms with Gasteiger partial charge < -0.3 is 4.57 Å². The molecule has 11 aromatic rings. The number of hydrogen-bond donors (Lipinski definition) is 0. The minimum absolute atomic E-state index is 1.17. The van der Waals surface area contributed by atoms with E-state index in [4.69, 9.17) is 0 Å². The summed E-state index contributed by atoms with van der Waals surface area (Å²) in [5, 5.41) is 5.13. The zero-order valence-electron chi connectivity index (χ0n) is 30.6. The predicted octanol–water partition coefficient (Wildman–Crippen LogP) is 15.5. The van der Waals surface area contributed by atoms with Crippen molar-refractivity contribution in [2.24, 2.45) is 0 Å². The Bertz CT molecular complexity index is 3110.